The van der Waals surface area contributed by atoms with E-state index in [0.29, 0.717) is 19.1 Å². The van der Waals surface area contributed by atoms with Gasteiger partial charge in [-0.25, -0.2) is 5.01 Å². The molecule has 2 N–H and O–H groups in total. The van der Waals surface area contributed by atoms with E-state index >= 15 is 0 Å². The smallest absolute Gasteiger partial charge is 0.0911 e. The minimum atomic E-state index is -0.415. The summed E-state index contributed by atoms with van der Waals surface area (Å²) in [5.41, 5.74) is 3.29. The van der Waals surface area contributed by atoms with Gasteiger partial charge in [-0.2, -0.15) is 0 Å². The molecule has 0 saturated carbocycles. The molecule has 0 spiro atoms. The molecule has 2 atom stereocenters. The second-order valence-electron chi connectivity index (χ2n) is 5.84. The van der Waals surface area contributed by atoms with Crippen molar-refractivity contribution in [3.8, 4) is 0 Å². The molecular formula is C14H30N2O2. The molecule has 4 heteroatoms. The van der Waals surface area contributed by atoms with Crippen molar-refractivity contribution < 1.29 is 9.84 Å². The zero-order chi connectivity index (χ0) is 13.4. The van der Waals surface area contributed by atoms with E-state index in [1.165, 1.54) is 19.3 Å². The fourth-order valence-corrected chi connectivity index (χ4v) is 2.35. The Morgan fingerprint density at radius 1 is 1.17 bits per heavy atom. The summed E-state index contributed by atoms with van der Waals surface area (Å²) in [5, 5.41) is 12.1. The summed E-state index contributed by atoms with van der Waals surface area (Å²) in [6.45, 7) is 9.66. The Balaban J connectivity index is 2.04. The van der Waals surface area contributed by atoms with E-state index in [1.807, 2.05) is 0 Å². The molecule has 1 saturated heterocycles. The lowest BCUT2D eigenvalue weighted by Crippen LogP contribution is -2.45. The van der Waals surface area contributed by atoms with Gasteiger partial charge in [0.05, 0.1) is 18.8 Å². The second-order valence-corrected chi connectivity index (χ2v) is 5.84. The summed E-state index contributed by atoms with van der Waals surface area (Å²) in [7, 11) is 0. The molecule has 0 aromatic rings. The lowest BCUT2D eigenvalue weighted by atomic mass is 10.1. The van der Waals surface area contributed by atoms with E-state index in [1.54, 1.807) is 0 Å². The first-order chi connectivity index (χ1) is 8.58. The van der Waals surface area contributed by atoms with Crippen LogP contribution in [-0.4, -0.2) is 48.6 Å². The molecule has 18 heavy (non-hydrogen) atoms. The number of hydrogen-bond donors (Lipinski definition) is 2. The van der Waals surface area contributed by atoms with Gasteiger partial charge in [0, 0.05) is 19.6 Å². The first-order valence-electron chi connectivity index (χ1n) is 7.36. The fourth-order valence-electron chi connectivity index (χ4n) is 2.35. The highest BCUT2D eigenvalue weighted by Crippen LogP contribution is 2.08. The minimum absolute atomic E-state index is 0.231. The van der Waals surface area contributed by atoms with Gasteiger partial charge in [-0.15, -0.1) is 0 Å². The highest BCUT2D eigenvalue weighted by molar-refractivity contribution is 4.64. The minimum Gasteiger partial charge on any atom is -0.389 e. The average Bonchev–Trinajstić information content (AvgIpc) is 2.34. The van der Waals surface area contributed by atoms with Crippen molar-refractivity contribution in [2.24, 2.45) is 5.92 Å². The molecule has 1 fully saturated rings. The third-order valence-corrected chi connectivity index (χ3v) is 3.28. The highest BCUT2D eigenvalue weighted by atomic mass is 16.5. The molecule has 1 rings (SSSR count). The van der Waals surface area contributed by atoms with Gasteiger partial charge in [0.1, 0.15) is 0 Å². The van der Waals surface area contributed by atoms with Crippen LogP contribution >= 0.6 is 0 Å². The summed E-state index contributed by atoms with van der Waals surface area (Å²) in [6.07, 6.45) is 4.70. The molecule has 108 valence electrons. The Hall–Kier alpha value is -0.160. The molecule has 1 heterocycles. The number of ether oxygens (including phenoxy) is 1. The maximum absolute atomic E-state index is 9.85. The SMILES string of the molecule is CC(C)CC(C)OCC(O)CNN1CCCCC1. The van der Waals surface area contributed by atoms with E-state index in [-0.39, 0.29) is 6.10 Å². The number of nitrogens with one attached hydrogen (secondary N) is 1. The Morgan fingerprint density at radius 2 is 1.83 bits per heavy atom. The molecule has 0 aromatic carbocycles. The van der Waals surface area contributed by atoms with E-state index in [9.17, 15) is 5.11 Å². The largest absolute Gasteiger partial charge is 0.389 e. The molecule has 1 aliphatic heterocycles. The van der Waals surface area contributed by atoms with E-state index in [4.69, 9.17) is 4.74 Å². The summed E-state index contributed by atoms with van der Waals surface area (Å²) in [4.78, 5) is 0. The van der Waals surface area contributed by atoms with Gasteiger partial charge in [0.15, 0.2) is 0 Å². The third-order valence-electron chi connectivity index (χ3n) is 3.28. The van der Waals surface area contributed by atoms with Gasteiger partial charge in [-0.3, -0.25) is 5.43 Å². The van der Waals surface area contributed by atoms with Crippen molar-refractivity contribution in [3.05, 3.63) is 0 Å². The summed E-state index contributed by atoms with van der Waals surface area (Å²) < 4.78 is 5.65. The number of piperidine rings is 1. The fraction of sp³-hybridized carbons (Fsp3) is 1.00. The van der Waals surface area contributed by atoms with E-state index in [0.717, 1.165) is 19.5 Å². The van der Waals surface area contributed by atoms with Gasteiger partial charge in [0.2, 0.25) is 0 Å². The van der Waals surface area contributed by atoms with Crippen molar-refractivity contribution in [2.75, 3.05) is 26.2 Å². The zero-order valence-electron chi connectivity index (χ0n) is 12.2. The van der Waals surface area contributed by atoms with E-state index in [2.05, 4.69) is 31.2 Å². The topological polar surface area (TPSA) is 44.7 Å². The molecule has 0 radical (unpaired) electrons. The Kier molecular flexibility index (Phi) is 7.82. The predicted octanol–water partition coefficient (Wildman–Crippen LogP) is 1.79. The molecular weight excluding hydrogens is 228 g/mol. The van der Waals surface area contributed by atoms with Crippen LogP contribution in [0.2, 0.25) is 0 Å². The van der Waals surface area contributed by atoms with Crippen LogP contribution in [-0.2, 0) is 4.74 Å². The maximum Gasteiger partial charge on any atom is 0.0911 e. The molecule has 1 aliphatic rings. The first kappa shape index (κ1) is 15.9. The molecule has 4 nitrogen and oxygen atoms in total. The number of hydrazine groups is 1. The zero-order valence-corrected chi connectivity index (χ0v) is 12.2. The van der Waals surface area contributed by atoms with Crippen molar-refractivity contribution in [2.45, 2.75) is 58.7 Å². The van der Waals surface area contributed by atoms with Gasteiger partial charge in [0.25, 0.3) is 0 Å². The summed E-state index contributed by atoms with van der Waals surface area (Å²) in [5.74, 6) is 0.642. The summed E-state index contributed by atoms with van der Waals surface area (Å²) in [6, 6.07) is 0. The molecule has 0 bridgehead atoms. The van der Waals surface area contributed by atoms with Crippen molar-refractivity contribution in [3.63, 3.8) is 0 Å². The predicted molar refractivity (Wildman–Crippen MR) is 74.3 cm³/mol. The van der Waals surface area contributed by atoms with Crippen molar-refractivity contribution in [1.29, 1.82) is 0 Å². The van der Waals surface area contributed by atoms with Crippen LogP contribution in [0.1, 0.15) is 46.5 Å². The van der Waals surface area contributed by atoms with Crippen LogP contribution in [0, 0.1) is 5.92 Å². The first-order valence-corrected chi connectivity index (χ1v) is 7.36. The average molecular weight is 258 g/mol. The number of rotatable bonds is 8. The highest BCUT2D eigenvalue weighted by Gasteiger charge is 2.13. The lowest BCUT2D eigenvalue weighted by Gasteiger charge is -2.28. The maximum atomic E-state index is 9.85. The van der Waals surface area contributed by atoms with Crippen LogP contribution in [0.25, 0.3) is 0 Å². The number of nitrogens with zero attached hydrogens (tertiary/aromatic N) is 1. The van der Waals surface area contributed by atoms with Gasteiger partial charge in [-0.1, -0.05) is 20.3 Å². The molecule has 2 unspecified atom stereocenters. The molecule has 0 aliphatic carbocycles. The van der Waals surface area contributed by atoms with Gasteiger partial charge < -0.3 is 9.84 Å². The van der Waals surface area contributed by atoms with Crippen LogP contribution in [0.4, 0.5) is 0 Å². The van der Waals surface area contributed by atoms with Gasteiger partial charge in [-0.05, 0) is 32.1 Å². The Labute approximate surface area is 112 Å². The lowest BCUT2D eigenvalue weighted by molar-refractivity contribution is -0.0166. The Bertz CT molecular complexity index is 206. The number of aliphatic hydroxyl groups is 1. The standard InChI is InChI=1S/C14H30N2O2/c1-12(2)9-13(3)18-11-14(17)10-15-16-7-5-4-6-8-16/h12-15,17H,4-11H2,1-3H3. The van der Waals surface area contributed by atoms with Crippen LogP contribution in [0.5, 0.6) is 0 Å². The third kappa shape index (κ3) is 7.31. The molecule has 0 amide bonds. The van der Waals surface area contributed by atoms with Crippen molar-refractivity contribution >= 4 is 0 Å². The second kappa shape index (κ2) is 8.86. The van der Waals surface area contributed by atoms with E-state index < -0.39 is 6.10 Å². The monoisotopic (exact) mass is 258 g/mol. The van der Waals surface area contributed by atoms with Crippen LogP contribution in [0.15, 0.2) is 0 Å². The normalized spacial score (nSPS) is 21.2. The number of hydrogen-bond acceptors (Lipinski definition) is 4. The van der Waals surface area contributed by atoms with Gasteiger partial charge >= 0.3 is 0 Å². The van der Waals surface area contributed by atoms with Crippen molar-refractivity contribution in [1.82, 2.24) is 10.4 Å². The van der Waals surface area contributed by atoms with Crippen LogP contribution < -0.4 is 5.43 Å². The van der Waals surface area contributed by atoms with Crippen LogP contribution in [0.3, 0.4) is 0 Å². The Morgan fingerprint density at radius 3 is 2.44 bits per heavy atom. The quantitative estimate of drug-likeness (QED) is 0.697. The molecule has 0 aromatic heterocycles. The number of aliphatic hydroxyl groups excluding tert-OH is 1. The summed E-state index contributed by atoms with van der Waals surface area (Å²) >= 11 is 0.